The third-order valence-corrected chi connectivity index (χ3v) is 5.28. The van der Waals surface area contributed by atoms with Crippen molar-refractivity contribution in [3.05, 3.63) is 30.3 Å². The summed E-state index contributed by atoms with van der Waals surface area (Å²) < 4.78 is 1.63. The van der Waals surface area contributed by atoms with Gasteiger partial charge in [0.25, 0.3) is 0 Å². The summed E-state index contributed by atoms with van der Waals surface area (Å²) in [5, 5.41) is 15.3. The number of carbonyl (C=O) groups excluding carboxylic acids is 2. The zero-order valence-electron chi connectivity index (χ0n) is 17.0. The van der Waals surface area contributed by atoms with Gasteiger partial charge in [-0.15, -0.1) is 5.10 Å². The highest BCUT2D eigenvalue weighted by atomic mass is 32.2. The van der Waals surface area contributed by atoms with E-state index in [1.807, 2.05) is 56.0 Å². The summed E-state index contributed by atoms with van der Waals surface area (Å²) >= 11 is 1.33. The van der Waals surface area contributed by atoms with Gasteiger partial charge in [0.05, 0.1) is 18.0 Å². The van der Waals surface area contributed by atoms with Crippen molar-refractivity contribution in [1.82, 2.24) is 35.3 Å². The molecule has 0 saturated carbocycles. The normalized spacial score (nSPS) is 15.3. The van der Waals surface area contributed by atoms with E-state index in [0.717, 1.165) is 5.69 Å². The van der Waals surface area contributed by atoms with Gasteiger partial charge in [0.2, 0.25) is 17.0 Å². The highest BCUT2D eigenvalue weighted by molar-refractivity contribution is 7.99. The highest BCUT2D eigenvalue weighted by Gasteiger charge is 2.24. The number of nitrogens with one attached hydrogen (secondary N) is 1. The Morgan fingerprint density at radius 1 is 1.10 bits per heavy atom. The molecule has 2 aromatic rings. The molecular weight excluding hydrogens is 390 g/mol. The predicted molar refractivity (Wildman–Crippen MR) is 111 cm³/mol. The molecule has 1 aromatic heterocycles. The number of tetrazole rings is 1. The van der Waals surface area contributed by atoms with Gasteiger partial charge in [-0.05, 0) is 43.3 Å². The number of aromatic nitrogens is 4. The fourth-order valence-electron chi connectivity index (χ4n) is 3.03. The molecule has 0 atom stereocenters. The van der Waals surface area contributed by atoms with Crippen molar-refractivity contribution < 1.29 is 9.59 Å². The van der Waals surface area contributed by atoms with Gasteiger partial charge in [0.15, 0.2) is 0 Å². The summed E-state index contributed by atoms with van der Waals surface area (Å²) in [5.41, 5.74) is 0.621. The molecule has 2 heterocycles. The molecule has 156 valence electrons. The number of carbonyl (C=O) groups is 2. The number of hydrogen-bond donors (Lipinski definition) is 1. The molecule has 10 heteroatoms. The van der Waals surface area contributed by atoms with Crippen molar-refractivity contribution >= 4 is 23.6 Å². The van der Waals surface area contributed by atoms with E-state index in [2.05, 4.69) is 25.7 Å². The number of hydrogen-bond acceptors (Lipinski definition) is 7. The minimum atomic E-state index is -0.235. The molecule has 0 aliphatic carbocycles. The number of piperazine rings is 1. The summed E-state index contributed by atoms with van der Waals surface area (Å²) in [6.07, 6.45) is 0. The van der Waals surface area contributed by atoms with Crippen LogP contribution in [0.5, 0.6) is 0 Å². The van der Waals surface area contributed by atoms with Crippen LogP contribution in [0.25, 0.3) is 5.69 Å². The monoisotopic (exact) mass is 417 g/mol. The lowest BCUT2D eigenvalue weighted by Crippen LogP contribution is -2.53. The minimum Gasteiger partial charge on any atom is -0.350 e. The fourth-order valence-corrected chi connectivity index (χ4v) is 3.83. The summed E-state index contributed by atoms with van der Waals surface area (Å²) in [7, 11) is 0. The van der Waals surface area contributed by atoms with Gasteiger partial charge in [0, 0.05) is 31.7 Å². The lowest BCUT2D eigenvalue weighted by atomic mass is 10.1. The number of benzene rings is 1. The molecule has 1 saturated heterocycles. The molecule has 0 radical (unpaired) electrons. The summed E-state index contributed by atoms with van der Waals surface area (Å²) in [4.78, 5) is 28.6. The molecule has 29 heavy (non-hydrogen) atoms. The Morgan fingerprint density at radius 2 is 1.79 bits per heavy atom. The second-order valence-corrected chi connectivity index (χ2v) is 8.90. The topological polar surface area (TPSA) is 96.2 Å². The fraction of sp³-hybridized carbons (Fsp3) is 0.526. The number of nitrogens with zero attached hydrogens (tertiary/aromatic N) is 6. The number of rotatable bonds is 6. The highest BCUT2D eigenvalue weighted by Crippen LogP contribution is 2.18. The van der Waals surface area contributed by atoms with Crippen molar-refractivity contribution in [1.29, 1.82) is 0 Å². The van der Waals surface area contributed by atoms with E-state index >= 15 is 0 Å². The SMILES string of the molecule is CC(C)(C)NC(=O)CN1CCN(C(=O)CSc2nnnn2-c2ccccc2)CC1. The Balaban J connectivity index is 1.45. The van der Waals surface area contributed by atoms with Crippen molar-refractivity contribution in [3.63, 3.8) is 0 Å². The van der Waals surface area contributed by atoms with Crippen LogP contribution in [0.2, 0.25) is 0 Å². The first-order chi connectivity index (χ1) is 13.8. The smallest absolute Gasteiger partial charge is 0.234 e. The number of thioether (sulfide) groups is 1. The van der Waals surface area contributed by atoms with Gasteiger partial charge in [-0.3, -0.25) is 14.5 Å². The maximum Gasteiger partial charge on any atom is 0.234 e. The van der Waals surface area contributed by atoms with Crippen molar-refractivity contribution in [2.45, 2.75) is 31.5 Å². The van der Waals surface area contributed by atoms with E-state index in [9.17, 15) is 9.59 Å². The second kappa shape index (κ2) is 9.36. The minimum absolute atomic E-state index is 0.0144. The van der Waals surface area contributed by atoms with Gasteiger partial charge in [-0.1, -0.05) is 30.0 Å². The van der Waals surface area contributed by atoms with Crippen LogP contribution in [0.15, 0.2) is 35.5 Å². The van der Waals surface area contributed by atoms with Crippen LogP contribution < -0.4 is 5.32 Å². The largest absolute Gasteiger partial charge is 0.350 e. The summed E-state index contributed by atoms with van der Waals surface area (Å²) in [6, 6.07) is 9.58. The van der Waals surface area contributed by atoms with Gasteiger partial charge in [0.1, 0.15) is 0 Å². The first-order valence-corrected chi connectivity index (χ1v) is 10.6. The van der Waals surface area contributed by atoms with Crippen LogP contribution in [0.3, 0.4) is 0 Å². The molecule has 1 aromatic carbocycles. The zero-order chi connectivity index (χ0) is 20.9. The first kappa shape index (κ1) is 21.3. The third kappa shape index (κ3) is 6.26. The Labute approximate surface area is 174 Å². The Hall–Kier alpha value is -2.46. The van der Waals surface area contributed by atoms with E-state index < -0.39 is 0 Å². The van der Waals surface area contributed by atoms with Crippen LogP contribution in [0, 0.1) is 0 Å². The van der Waals surface area contributed by atoms with E-state index in [-0.39, 0.29) is 23.1 Å². The molecule has 0 spiro atoms. The average Bonchev–Trinajstić information content (AvgIpc) is 3.14. The van der Waals surface area contributed by atoms with E-state index in [1.54, 1.807) is 4.68 Å². The van der Waals surface area contributed by atoms with Crippen LogP contribution in [-0.4, -0.2) is 85.8 Å². The van der Waals surface area contributed by atoms with Crippen LogP contribution >= 0.6 is 11.8 Å². The van der Waals surface area contributed by atoms with E-state index in [0.29, 0.717) is 37.9 Å². The molecule has 2 amide bonds. The van der Waals surface area contributed by atoms with Gasteiger partial charge >= 0.3 is 0 Å². The molecule has 0 unspecified atom stereocenters. The number of amides is 2. The predicted octanol–water partition coefficient (Wildman–Crippen LogP) is 0.813. The summed E-state index contributed by atoms with van der Waals surface area (Å²) in [6.45, 7) is 8.87. The first-order valence-electron chi connectivity index (χ1n) is 9.59. The Morgan fingerprint density at radius 3 is 2.45 bits per heavy atom. The van der Waals surface area contributed by atoms with E-state index in [1.165, 1.54) is 11.8 Å². The van der Waals surface area contributed by atoms with Gasteiger partial charge in [-0.25, -0.2) is 0 Å². The molecule has 1 aliphatic rings. The molecule has 1 fully saturated rings. The quantitative estimate of drug-likeness (QED) is 0.695. The molecule has 3 rings (SSSR count). The maximum atomic E-state index is 12.6. The lowest BCUT2D eigenvalue weighted by Gasteiger charge is -2.34. The molecule has 9 nitrogen and oxygen atoms in total. The molecule has 1 N–H and O–H groups in total. The molecular formula is C19H27N7O2S. The summed E-state index contributed by atoms with van der Waals surface area (Å²) in [5.74, 6) is 0.342. The Kier molecular flexibility index (Phi) is 6.86. The zero-order valence-corrected chi connectivity index (χ0v) is 17.9. The van der Waals surface area contributed by atoms with Crippen molar-refractivity contribution in [2.75, 3.05) is 38.5 Å². The maximum absolute atomic E-state index is 12.6. The number of para-hydroxylation sites is 1. The van der Waals surface area contributed by atoms with Crippen molar-refractivity contribution in [2.24, 2.45) is 0 Å². The molecule has 0 bridgehead atoms. The average molecular weight is 418 g/mol. The Bertz CT molecular complexity index is 827. The van der Waals surface area contributed by atoms with Crippen molar-refractivity contribution in [3.8, 4) is 5.69 Å². The molecule has 1 aliphatic heterocycles. The van der Waals surface area contributed by atoms with E-state index in [4.69, 9.17) is 0 Å². The van der Waals surface area contributed by atoms with Crippen LogP contribution in [0.4, 0.5) is 0 Å². The van der Waals surface area contributed by atoms with Crippen LogP contribution in [0.1, 0.15) is 20.8 Å². The van der Waals surface area contributed by atoms with Crippen LogP contribution in [-0.2, 0) is 9.59 Å². The second-order valence-electron chi connectivity index (χ2n) is 7.95. The lowest BCUT2D eigenvalue weighted by molar-refractivity contribution is -0.130. The van der Waals surface area contributed by atoms with Gasteiger partial charge in [-0.2, -0.15) is 4.68 Å². The third-order valence-electron chi connectivity index (χ3n) is 4.37. The standard InChI is InChI=1S/C19H27N7O2S/c1-19(2,3)20-16(27)13-24-9-11-25(12-10-24)17(28)14-29-18-21-22-23-26(18)15-7-5-4-6-8-15/h4-8H,9-14H2,1-3H3,(H,20,27). The van der Waals surface area contributed by atoms with Gasteiger partial charge < -0.3 is 10.2 Å².